The Morgan fingerprint density at radius 3 is 2.94 bits per heavy atom. The molecule has 5 nitrogen and oxygen atoms in total. The van der Waals surface area contributed by atoms with Gasteiger partial charge in [-0.05, 0) is 17.9 Å². The zero-order chi connectivity index (χ0) is 12.8. The Morgan fingerprint density at radius 1 is 1.44 bits per heavy atom. The third-order valence-corrected chi connectivity index (χ3v) is 3.16. The van der Waals surface area contributed by atoms with Gasteiger partial charge in [-0.1, -0.05) is 30.3 Å². The van der Waals surface area contributed by atoms with Gasteiger partial charge in [0.05, 0.1) is 0 Å². The number of hydrogen-bond acceptors (Lipinski definition) is 4. The molecule has 1 amide bonds. The van der Waals surface area contributed by atoms with Gasteiger partial charge < -0.3 is 9.64 Å². The van der Waals surface area contributed by atoms with Gasteiger partial charge in [-0.2, -0.15) is 0 Å². The Balaban J connectivity index is 1.76. The van der Waals surface area contributed by atoms with Crippen LogP contribution in [-0.2, 0) is 11.3 Å². The smallest absolute Gasteiger partial charge is 0.410 e. The zero-order valence-corrected chi connectivity index (χ0v) is 10.3. The molecule has 1 atom stereocenters. The van der Waals surface area contributed by atoms with E-state index in [1.807, 2.05) is 30.3 Å². The first-order chi connectivity index (χ1) is 8.79. The Hall–Kier alpha value is -1.59. The molecule has 0 spiro atoms. The number of benzene rings is 1. The van der Waals surface area contributed by atoms with Crippen molar-refractivity contribution in [3.8, 4) is 0 Å². The number of hydrazine groups is 1. The lowest BCUT2D eigenvalue weighted by atomic mass is 10.1. The van der Waals surface area contributed by atoms with Crippen LogP contribution in [0.3, 0.4) is 0 Å². The molecule has 0 aromatic heterocycles. The average molecular weight is 249 g/mol. The molecule has 1 heterocycles. The van der Waals surface area contributed by atoms with E-state index in [1.54, 1.807) is 4.90 Å². The van der Waals surface area contributed by atoms with Crippen molar-refractivity contribution in [2.75, 3.05) is 19.6 Å². The molecule has 1 fully saturated rings. The van der Waals surface area contributed by atoms with Gasteiger partial charge in [-0.3, -0.25) is 11.3 Å². The van der Waals surface area contributed by atoms with Gasteiger partial charge in [0.2, 0.25) is 0 Å². The van der Waals surface area contributed by atoms with Crippen molar-refractivity contribution < 1.29 is 9.53 Å². The van der Waals surface area contributed by atoms with Gasteiger partial charge in [0.25, 0.3) is 0 Å². The van der Waals surface area contributed by atoms with Crippen LogP contribution in [0.25, 0.3) is 0 Å². The van der Waals surface area contributed by atoms with Crippen LogP contribution in [0.2, 0.25) is 0 Å². The van der Waals surface area contributed by atoms with E-state index in [1.165, 1.54) is 0 Å². The van der Waals surface area contributed by atoms with Gasteiger partial charge in [0.15, 0.2) is 0 Å². The Kier molecular flexibility index (Phi) is 4.55. The first kappa shape index (κ1) is 12.9. The summed E-state index contributed by atoms with van der Waals surface area (Å²) in [6.07, 6.45) is 0.739. The largest absolute Gasteiger partial charge is 0.445 e. The van der Waals surface area contributed by atoms with Crippen LogP contribution in [0.15, 0.2) is 30.3 Å². The first-order valence-electron chi connectivity index (χ1n) is 6.18. The summed E-state index contributed by atoms with van der Waals surface area (Å²) < 4.78 is 5.27. The molecule has 1 aliphatic heterocycles. The summed E-state index contributed by atoms with van der Waals surface area (Å²) in [5.41, 5.74) is 3.65. The van der Waals surface area contributed by atoms with Crippen LogP contribution >= 0.6 is 0 Å². The second-order valence-electron chi connectivity index (χ2n) is 4.55. The second-order valence-corrected chi connectivity index (χ2v) is 4.55. The summed E-state index contributed by atoms with van der Waals surface area (Å²) in [6, 6.07) is 9.69. The molecule has 1 aromatic rings. The maximum absolute atomic E-state index is 11.8. The molecule has 2 rings (SSSR count). The number of amides is 1. The molecule has 0 radical (unpaired) electrons. The van der Waals surface area contributed by atoms with Crippen molar-refractivity contribution in [3.63, 3.8) is 0 Å². The van der Waals surface area contributed by atoms with Crippen molar-refractivity contribution in [1.82, 2.24) is 10.3 Å². The standard InChI is InChI=1S/C13H19N3O2/c14-15-8-12-6-7-16(9-12)13(17)18-10-11-4-2-1-3-5-11/h1-5,12,15H,6-10,14H2. The third-order valence-electron chi connectivity index (χ3n) is 3.16. The van der Waals surface area contributed by atoms with E-state index >= 15 is 0 Å². The molecule has 1 saturated heterocycles. The fraction of sp³-hybridized carbons (Fsp3) is 0.462. The number of hydrogen-bond donors (Lipinski definition) is 2. The number of ether oxygens (including phenoxy) is 1. The molecule has 5 heteroatoms. The van der Waals surface area contributed by atoms with E-state index in [0.717, 1.165) is 31.6 Å². The fourth-order valence-electron chi connectivity index (χ4n) is 2.14. The maximum atomic E-state index is 11.8. The van der Waals surface area contributed by atoms with E-state index in [-0.39, 0.29) is 6.09 Å². The van der Waals surface area contributed by atoms with Crippen molar-refractivity contribution in [2.24, 2.45) is 11.8 Å². The molecule has 0 bridgehead atoms. The molecule has 0 aliphatic carbocycles. The summed E-state index contributed by atoms with van der Waals surface area (Å²) >= 11 is 0. The van der Waals surface area contributed by atoms with Crippen molar-refractivity contribution in [3.05, 3.63) is 35.9 Å². The second kappa shape index (κ2) is 6.37. The molecule has 98 valence electrons. The topological polar surface area (TPSA) is 67.6 Å². The Morgan fingerprint density at radius 2 is 2.22 bits per heavy atom. The minimum atomic E-state index is -0.238. The Bertz CT molecular complexity index is 383. The van der Waals surface area contributed by atoms with Gasteiger partial charge >= 0.3 is 6.09 Å². The summed E-state index contributed by atoms with van der Waals surface area (Å²) in [4.78, 5) is 13.6. The van der Waals surface area contributed by atoms with Crippen molar-refractivity contribution >= 4 is 6.09 Å². The monoisotopic (exact) mass is 249 g/mol. The van der Waals surface area contributed by atoms with Crippen LogP contribution in [0.4, 0.5) is 4.79 Å². The van der Waals surface area contributed by atoms with E-state index in [4.69, 9.17) is 10.6 Å². The minimum absolute atomic E-state index is 0.238. The number of carbonyl (C=O) groups excluding carboxylic acids is 1. The van der Waals surface area contributed by atoms with Crippen LogP contribution < -0.4 is 11.3 Å². The van der Waals surface area contributed by atoms with Gasteiger partial charge in [0, 0.05) is 19.6 Å². The normalized spacial score (nSPS) is 18.9. The van der Waals surface area contributed by atoms with Crippen LogP contribution in [-0.4, -0.2) is 30.6 Å². The van der Waals surface area contributed by atoms with E-state index in [0.29, 0.717) is 12.5 Å². The maximum Gasteiger partial charge on any atom is 0.410 e. The number of nitrogens with zero attached hydrogens (tertiary/aromatic N) is 1. The third kappa shape index (κ3) is 3.45. The molecule has 3 N–H and O–H groups in total. The number of nitrogens with one attached hydrogen (secondary N) is 1. The van der Waals surface area contributed by atoms with Crippen LogP contribution in [0, 0.1) is 5.92 Å². The summed E-state index contributed by atoms with van der Waals surface area (Å²) in [5.74, 6) is 5.71. The number of rotatable bonds is 4. The highest BCUT2D eigenvalue weighted by molar-refractivity contribution is 5.68. The van der Waals surface area contributed by atoms with Gasteiger partial charge in [0.1, 0.15) is 6.61 Å². The quantitative estimate of drug-likeness (QED) is 0.619. The van der Waals surface area contributed by atoms with E-state index in [9.17, 15) is 4.79 Å². The summed E-state index contributed by atoms with van der Waals surface area (Å²) in [5, 5.41) is 0. The van der Waals surface area contributed by atoms with E-state index < -0.39 is 0 Å². The lowest BCUT2D eigenvalue weighted by molar-refractivity contribution is 0.103. The van der Waals surface area contributed by atoms with Crippen LogP contribution in [0.1, 0.15) is 12.0 Å². The molecular formula is C13H19N3O2. The number of carbonyl (C=O) groups is 1. The minimum Gasteiger partial charge on any atom is -0.445 e. The predicted octanol–water partition coefficient (Wildman–Crippen LogP) is 1.11. The average Bonchev–Trinajstić information content (AvgIpc) is 2.86. The van der Waals surface area contributed by atoms with Crippen molar-refractivity contribution in [1.29, 1.82) is 0 Å². The summed E-state index contributed by atoms with van der Waals surface area (Å²) in [7, 11) is 0. The highest BCUT2D eigenvalue weighted by Crippen LogP contribution is 2.16. The highest BCUT2D eigenvalue weighted by Gasteiger charge is 2.26. The van der Waals surface area contributed by atoms with Crippen LogP contribution in [0.5, 0.6) is 0 Å². The molecular weight excluding hydrogens is 230 g/mol. The first-order valence-corrected chi connectivity index (χ1v) is 6.18. The fourth-order valence-corrected chi connectivity index (χ4v) is 2.14. The molecule has 0 saturated carbocycles. The lowest BCUT2D eigenvalue weighted by Crippen LogP contribution is -2.33. The lowest BCUT2D eigenvalue weighted by Gasteiger charge is -2.16. The highest BCUT2D eigenvalue weighted by atomic mass is 16.6. The van der Waals surface area contributed by atoms with Gasteiger partial charge in [-0.15, -0.1) is 0 Å². The predicted molar refractivity (Wildman–Crippen MR) is 68.5 cm³/mol. The number of likely N-dealkylation sites (tertiary alicyclic amines) is 1. The Labute approximate surface area is 107 Å². The van der Waals surface area contributed by atoms with E-state index in [2.05, 4.69) is 5.43 Å². The molecule has 1 aromatic carbocycles. The zero-order valence-electron chi connectivity index (χ0n) is 10.3. The number of nitrogens with two attached hydrogens (primary N) is 1. The van der Waals surface area contributed by atoms with Crippen molar-refractivity contribution in [2.45, 2.75) is 13.0 Å². The SMILES string of the molecule is NNCC1CCN(C(=O)OCc2ccccc2)C1. The molecule has 1 unspecified atom stereocenters. The summed E-state index contributed by atoms with van der Waals surface area (Å²) in [6.45, 7) is 2.54. The van der Waals surface area contributed by atoms with Gasteiger partial charge in [-0.25, -0.2) is 4.79 Å². The molecule has 18 heavy (non-hydrogen) atoms. The molecule has 1 aliphatic rings.